The van der Waals surface area contributed by atoms with Gasteiger partial charge in [-0.15, -0.1) is 0 Å². The average Bonchev–Trinajstić information content (AvgIpc) is 2.33. The lowest BCUT2D eigenvalue weighted by atomic mass is 9.76. The molecule has 1 unspecified atom stereocenters. The van der Waals surface area contributed by atoms with Crippen LogP contribution < -0.4 is 5.73 Å². The fourth-order valence-corrected chi connectivity index (χ4v) is 2.22. The zero-order valence-corrected chi connectivity index (χ0v) is 11.2. The molecular weight excluding hydrogens is 271 g/mol. The van der Waals surface area contributed by atoms with Gasteiger partial charge in [-0.3, -0.25) is 4.79 Å². The minimum Gasteiger partial charge on any atom is -0.481 e. The van der Waals surface area contributed by atoms with Crippen LogP contribution in [0.1, 0.15) is 30.4 Å². The molecule has 0 saturated heterocycles. The minimum atomic E-state index is -4.29. The van der Waals surface area contributed by atoms with Crippen LogP contribution in [0.4, 0.5) is 13.2 Å². The topological polar surface area (TPSA) is 63.3 Å². The van der Waals surface area contributed by atoms with Crippen LogP contribution in [0.25, 0.3) is 0 Å². The molecule has 6 heteroatoms. The quantitative estimate of drug-likeness (QED) is 0.846. The van der Waals surface area contributed by atoms with Crippen molar-refractivity contribution in [1.29, 1.82) is 0 Å². The van der Waals surface area contributed by atoms with Gasteiger partial charge in [0.15, 0.2) is 0 Å². The molecule has 3 N–H and O–H groups in total. The number of nitrogens with two attached hydrogens (primary N) is 1. The summed E-state index contributed by atoms with van der Waals surface area (Å²) in [7, 11) is 0. The van der Waals surface area contributed by atoms with Crippen LogP contribution in [-0.2, 0) is 10.2 Å². The highest BCUT2D eigenvalue weighted by atomic mass is 19.4. The standard InChI is InChI=1S/C14H18F3NO2/c1-10-4-2-5-11(8-10)13(9-18,12(19)20)6-3-7-14(15,16)17/h2,4-5,8H,3,6-7,9,18H2,1H3,(H,19,20). The number of carboxylic acid groups (broad SMARTS) is 1. The van der Waals surface area contributed by atoms with Crippen molar-refractivity contribution < 1.29 is 23.1 Å². The largest absolute Gasteiger partial charge is 0.481 e. The summed E-state index contributed by atoms with van der Waals surface area (Å²) >= 11 is 0. The van der Waals surface area contributed by atoms with Crippen LogP contribution in [-0.4, -0.2) is 23.8 Å². The van der Waals surface area contributed by atoms with E-state index < -0.39 is 24.0 Å². The van der Waals surface area contributed by atoms with E-state index in [0.717, 1.165) is 5.56 Å². The van der Waals surface area contributed by atoms with Crippen molar-refractivity contribution in [2.24, 2.45) is 5.73 Å². The van der Waals surface area contributed by atoms with Crippen molar-refractivity contribution in [3.8, 4) is 0 Å². The Morgan fingerprint density at radius 3 is 2.40 bits per heavy atom. The number of rotatable bonds is 6. The third-order valence-electron chi connectivity index (χ3n) is 3.39. The second-order valence-corrected chi connectivity index (χ2v) is 4.93. The maximum absolute atomic E-state index is 12.2. The summed E-state index contributed by atoms with van der Waals surface area (Å²) in [4.78, 5) is 11.6. The summed E-state index contributed by atoms with van der Waals surface area (Å²) in [5.74, 6) is -1.19. The van der Waals surface area contributed by atoms with Gasteiger partial charge in [-0.2, -0.15) is 13.2 Å². The van der Waals surface area contributed by atoms with Gasteiger partial charge in [0.1, 0.15) is 5.41 Å². The molecule has 0 fully saturated rings. The van der Waals surface area contributed by atoms with E-state index in [1.54, 1.807) is 31.2 Å². The number of benzene rings is 1. The first-order chi connectivity index (χ1) is 9.21. The second-order valence-electron chi connectivity index (χ2n) is 4.93. The molecule has 0 saturated carbocycles. The third kappa shape index (κ3) is 3.96. The Kier molecular flexibility index (Phi) is 5.16. The van der Waals surface area contributed by atoms with E-state index in [1.165, 1.54) is 0 Å². The van der Waals surface area contributed by atoms with E-state index in [4.69, 9.17) is 5.73 Å². The van der Waals surface area contributed by atoms with Crippen LogP contribution in [0.15, 0.2) is 24.3 Å². The summed E-state index contributed by atoms with van der Waals surface area (Å²) in [5.41, 5.74) is 5.42. The Morgan fingerprint density at radius 2 is 1.95 bits per heavy atom. The number of carboxylic acids is 1. The highest BCUT2D eigenvalue weighted by molar-refractivity contribution is 5.81. The molecule has 20 heavy (non-hydrogen) atoms. The first-order valence-electron chi connectivity index (χ1n) is 6.28. The number of alkyl halides is 3. The highest BCUT2D eigenvalue weighted by Gasteiger charge is 2.40. The predicted octanol–water partition coefficient (Wildman–Crippen LogP) is 3.01. The Hall–Kier alpha value is -1.56. The van der Waals surface area contributed by atoms with Gasteiger partial charge >= 0.3 is 12.1 Å². The van der Waals surface area contributed by atoms with E-state index in [9.17, 15) is 23.1 Å². The monoisotopic (exact) mass is 289 g/mol. The van der Waals surface area contributed by atoms with Crippen molar-refractivity contribution in [3.05, 3.63) is 35.4 Å². The molecule has 0 bridgehead atoms. The summed E-state index contributed by atoms with van der Waals surface area (Å²) in [6, 6.07) is 6.74. The lowest BCUT2D eigenvalue weighted by Gasteiger charge is -2.29. The lowest BCUT2D eigenvalue weighted by Crippen LogP contribution is -2.43. The van der Waals surface area contributed by atoms with E-state index in [0.29, 0.717) is 5.56 Å². The first-order valence-corrected chi connectivity index (χ1v) is 6.28. The summed E-state index contributed by atoms with van der Waals surface area (Å²) in [6.07, 6.45) is -5.69. The van der Waals surface area contributed by atoms with Gasteiger partial charge in [-0.1, -0.05) is 29.8 Å². The maximum atomic E-state index is 12.2. The van der Waals surface area contributed by atoms with Crippen LogP contribution in [0.2, 0.25) is 0 Å². The molecule has 1 aromatic rings. The van der Waals surface area contributed by atoms with Gasteiger partial charge < -0.3 is 10.8 Å². The van der Waals surface area contributed by atoms with E-state index >= 15 is 0 Å². The number of aryl methyl sites for hydroxylation is 1. The number of carbonyl (C=O) groups is 1. The Morgan fingerprint density at radius 1 is 1.30 bits per heavy atom. The molecule has 112 valence electrons. The zero-order chi connectivity index (χ0) is 15.4. The van der Waals surface area contributed by atoms with Gasteiger partial charge in [-0.05, 0) is 25.3 Å². The normalized spacial score (nSPS) is 14.8. The molecule has 0 aromatic heterocycles. The average molecular weight is 289 g/mol. The van der Waals surface area contributed by atoms with Crippen molar-refractivity contribution >= 4 is 5.97 Å². The number of hydrogen-bond donors (Lipinski definition) is 2. The van der Waals surface area contributed by atoms with Crippen molar-refractivity contribution in [3.63, 3.8) is 0 Å². The Labute approximate surface area is 115 Å². The molecular formula is C14H18F3NO2. The molecule has 0 amide bonds. The predicted molar refractivity (Wildman–Crippen MR) is 69.5 cm³/mol. The van der Waals surface area contributed by atoms with Crippen LogP contribution in [0.3, 0.4) is 0 Å². The number of hydrogen-bond acceptors (Lipinski definition) is 2. The molecule has 1 rings (SSSR count). The molecule has 0 heterocycles. The van der Waals surface area contributed by atoms with Crippen molar-refractivity contribution in [1.82, 2.24) is 0 Å². The van der Waals surface area contributed by atoms with Crippen LogP contribution in [0, 0.1) is 6.92 Å². The first kappa shape index (κ1) is 16.5. The molecule has 0 aliphatic carbocycles. The second kappa shape index (κ2) is 6.26. The van der Waals surface area contributed by atoms with E-state index in [1.807, 2.05) is 0 Å². The van der Waals surface area contributed by atoms with Crippen molar-refractivity contribution in [2.75, 3.05) is 6.54 Å². The number of halogens is 3. The Bertz CT molecular complexity index is 474. The smallest absolute Gasteiger partial charge is 0.389 e. The molecule has 1 atom stereocenters. The minimum absolute atomic E-state index is 0.137. The third-order valence-corrected chi connectivity index (χ3v) is 3.39. The molecule has 0 radical (unpaired) electrons. The molecule has 3 nitrogen and oxygen atoms in total. The fraction of sp³-hybridized carbons (Fsp3) is 0.500. The maximum Gasteiger partial charge on any atom is 0.389 e. The molecule has 0 aliphatic rings. The van der Waals surface area contributed by atoms with E-state index in [-0.39, 0.29) is 19.4 Å². The van der Waals surface area contributed by atoms with Gasteiger partial charge in [0.05, 0.1) is 0 Å². The van der Waals surface area contributed by atoms with E-state index in [2.05, 4.69) is 0 Å². The fourth-order valence-electron chi connectivity index (χ4n) is 2.22. The SMILES string of the molecule is Cc1cccc(C(CN)(CCCC(F)(F)F)C(=O)O)c1. The number of aliphatic carboxylic acids is 1. The van der Waals surface area contributed by atoms with Crippen LogP contribution in [0.5, 0.6) is 0 Å². The van der Waals surface area contributed by atoms with Gasteiger partial charge in [0.2, 0.25) is 0 Å². The summed E-state index contributed by atoms with van der Waals surface area (Å²) in [5, 5.41) is 9.44. The Balaban J connectivity index is 3.01. The van der Waals surface area contributed by atoms with Gasteiger partial charge in [-0.25, -0.2) is 0 Å². The molecule has 0 aliphatic heterocycles. The zero-order valence-electron chi connectivity index (χ0n) is 11.2. The van der Waals surface area contributed by atoms with Crippen molar-refractivity contribution in [2.45, 2.75) is 37.8 Å². The highest BCUT2D eigenvalue weighted by Crippen LogP contribution is 2.32. The van der Waals surface area contributed by atoms with Crippen LogP contribution >= 0.6 is 0 Å². The summed E-state index contributed by atoms with van der Waals surface area (Å²) < 4.78 is 36.7. The molecule has 1 aromatic carbocycles. The summed E-state index contributed by atoms with van der Waals surface area (Å²) in [6.45, 7) is 1.56. The van der Waals surface area contributed by atoms with Gasteiger partial charge in [0.25, 0.3) is 0 Å². The molecule has 0 spiro atoms. The van der Waals surface area contributed by atoms with Gasteiger partial charge in [0, 0.05) is 13.0 Å². The lowest BCUT2D eigenvalue weighted by molar-refractivity contribution is -0.147.